The fraction of sp³-hybridized carbons (Fsp3) is 0.556. The second-order valence-corrected chi connectivity index (χ2v) is 10.8. The predicted molar refractivity (Wildman–Crippen MR) is 137 cm³/mol. The third-order valence-corrected chi connectivity index (χ3v) is 7.30. The van der Waals surface area contributed by atoms with E-state index in [1.165, 1.54) is 11.8 Å². The summed E-state index contributed by atoms with van der Waals surface area (Å²) in [7, 11) is -3.58. The van der Waals surface area contributed by atoms with Crippen molar-refractivity contribution < 1.29 is 18.3 Å². The van der Waals surface area contributed by atoms with Crippen molar-refractivity contribution in [1.82, 2.24) is 4.72 Å². The highest BCUT2D eigenvalue weighted by atomic mass is 32.2. The molecule has 0 bridgehead atoms. The maximum Gasteiger partial charge on any atom is 0.236 e. The Kier molecular flexibility index (Phi) is 10.7. The van der Waals surface area contributed by atoms with Gasteiger partial charge in [-0.15, -0.1) is 0 Å². The van der Waals surface area contributed by atoms with Crippen molar-refractivity contribution in [2.75, 3.05) is 6.54 Å². The zero-order chi connectivity index (χ0) is 24.4. The third kappa shape index (κ3) is 8.35. The number of hydrogen-bond donors (Lipinski definition) is 2. The van der Waals surface area contributed by atoms with Gasteiger partial charge in [0.05, 0.1) is 5.41 Å². The van der Waals surface area contributed by atoms with E-state index in [1.807, 2.05) is 26.0 Å². The van der Waals surface area contributed by atoms with Crippen LogP contribution in [0.5, 0.6) is 11.5 Å². The van der Waals surface area contributed by atoms with Gasteiger partial charge in [-0.3, -0.25) is 0 Å². The maximum absolute atomic E-state index is 12.2. The van der Waals surface area contributed by atoms with Crippen molar-refractivity contribution in [2.24, 2.45) is 5.92 Å². The molecule has 0 saturated carbocycles. The highest BCUT2D eigenvalue weighted by Gasteiger charge is 2.30. The summed E-state index contributed by atoms with van der Waals surface area (Å²) < 4.78 is 32.9. The molecule has 0 radical (unpaired) electrons. The van der Waals surface area contributed by atoms with Gasteiger partial charge in [0.1, 0.15) is 17.8 Å². The summed E-state index contributed by atoms with van der Waals surface area (Å²) in [6, 6.07) is 3.78. The maximum atomic E-state index is 12.2. The van der Waals surface area contributed by atoms with Gasteiger partial charge in [-0.2, -0.15) is 0 Å². The van der Waals surface area contributed by atoms with Gasteiger partial charge in [0.25, 0.3) is 0 Å². The summed E-state index contributed by atoms with van der Waals surface area (Å²) in [6.45, 7) is 12.9. The van der Waals surface area contributed by atoms with E-state index < -0.39 is 10.0 Å². The van der Waals surface area contributed by atoms with Crippen molar-refractivity contribution >= 4 is 10.0 Å². The summed E-state index contributed by atoms with van der Waals surface area (Å²) in [5, 5.41) is 12.1. The Bertz CT molecular complexity index is 963. The van der Waals surface area contributed by atoms with Crippen LogP contribution < -0.4 is 9.46 Å². The van der Waals surface area contributed by atoms with Crippen LogP contribution in [0.15, 0.2) is 47.6 Å². The first kappa shape index (κ1) is 27.2. The molecule has 1 aliphatic rings. The Balaban J connectivity index is 2.41. The van der Waals surface area contributed by atoms with E-state index in [1.54, 1.807) is 0 Å². The summed E-state index contributed by atoms with van der Waals surface area (Å²) in [5.74, 6) is 0.821. The Morgan fingerprint density at radius 2 is 1.97 bits per heavy atom. The lowest BCUT2D eigenvalue weighted by Crippen LogP contribution is -2.22. The number of unbranched alkanes of at least 4 members (excludes halogenated alkanes) is 3. The SMILES string of the molecule is C=C(C)[C@@H]1CCC(C)=C[C@H]1c1c(O)cc(CCCCC)cc1O/C=C\S(=O)(=O)NCCCC. The molecular formula is C27H41NO4S. The largest absolute Gasteiger partial charge is 0.507 e. The summed E-state index contributed by atoms with van der Waals surface area (Å²) >= 11 is 0. The van der Waals surface area contributed by atoms with Crippen LogP contribution in [0.2, 0.25) is 0 Å². The minimum Gasteiger partial charge on any atom is -0.507 e. The van der Waals surface area contributed by atoms with Gasteiger partial charge < -0.3 is 9.84 Å². The van der Waals surface area contributed by atoms with Crippen LogP contribution in [-0.2, 0) is 16.4 Å². The number of rotatable bonds is 13. The lowest BCUT2D eigenvalue weighted by atomic mass is 9.73. The molecular weight excluding hydrogens is 434 g/mol. The van der Waals surface area contributed by atoms with Crippen LogP contribution in [0, 0.1) is 5.92 Å². The lowest BCUT2D eigenvalue weighted by molar-refractivity contribution is 0.410. The van der Waals surface area contributed by atoms with Crippen LogP contribution in [0.1, 0.15) is 89.7 Å². The monoisotopic (exact) mass is 475 g/mol. The molecule has 6 heteroatoms. The Labute approximate surface area is 200 Å². The average Bonchev–Trinajstić information content (AvgIpc) is 2.73. The molecule has 0 spiro atoms. The van der Waals surface area contributed by atoms with Crippen LogP contribution in [0.3, 0.4) is 0 Å². The standard InChI is InChI=1S/C27H41NO4S/c1-6-8-10-11-22-18-25(29)27(24-17-21(5)12-13-23(24)20(3)4)26(19-22)32-15-16-33(30,31)28-14-9-7-2/h15-19,23-24,28-29H,3,6-14H2,1-2,4-5H3/b16-15-/t23-,24+/m0/s1. The van der Waals surface area contributed by atoms with Crippen molar-refractivity contribution in [2.45, 2.75) is 85.0 Å². The van der Waals surface area contributed by atoms with Gasteiger partial charge in [0.15, 0.2) is 0 Å². The molecule has 0 heterocycles. The molecule has 2 rings (SSSR count). The molecule has 0 unspecified atom stereocenters. The van der Waals surface area contributed by atoms with E-state index in [0.29, 0.717) is 17.9 Å². The van der Waals surface area contributed by atoms with E-state index in [9.17, 15) is 13.5 Å². The number of phenolic OH excluding ortho intramolecular Hbond substituents is 1. The van der Waals surface area contributed by atoms with Crippen molar-refractivity contribution in [3.8, 4) is 11.5 Å². The van der Waals surface area contributed by atoms with E-state index in [-0.39, 0.29) is 17.6 Å². The van der Waals surface area contributed by atoms with E-state index in [4.69, 9.17) is 4.74 Å². The summed E-state index contributed by atoms with van der Waals surface area (Å²) in [6.07, 6.45) is 11.1. The van der Waals surface area contributed by atoms with Crippen LogP contribution in [0.25, 0.3) is 0 Å². The number of aryl methyl sites for hydroxylation is 1. The molecule has 0 amide bonds. The fourth-order valence-electron chi connectivity index (χ4n) is 4.34. The van der Waals surface area contributed by atoms with Crippen molar-refractivity contribution in [3.63, 3.8) is 0 Å². The number of aromatic hydroxyl groups is 1. The second-order valence-electron chi connectivity index (χ2n) is 9.20. The van der Waals surface area contributed by atoms with Crippen molar-refractivity contribution in [3.05, 3.63) is 58.7 Å². The number of benzene rings is 1. The molecule has 0 aromatic heterocycles. The zero-order valence-corrected chi connectivity index (χ0v) is 21.5. The molecule has 0 fully saturated rings. The molecule has 1 aromatic rings. The number of hydrogen-bond acceptors (Lipinski definition) is 4. The quantitative estimate of drug-likeness (QED) is 0.189. The zero-order valence-electron chi connectivity index (χ0n) is 20.7. The number of phenols is 1. The molecule has 2 atom stereocenters. The fourth-order valence-corrected chi connectivity index (χ4v) is 5.07. The average molecular weight is 476 g/mol. The summed E-state index contributed by atoms with van der Waals surface area (Å²) in [5.41, 5.74) is 4.02. The number of nitrogens with one attached hydrogen (secondary N) is 1. The minimum absolute atomic E-state index is 0.0661. The second kappa shape index (κ2) is 13.0. The van der Waals surface area contributed by atoms with Crippen LogP contribution >= 0.6 is 0 Å². The molecule has 2 N–H and O–H groups in total. The van der Waals surface area contributed by atoms with Crippen molar-refractivity contribution in [1.29, 1.82) is 0 Å². The molecule has 0 aliphatic heterocycles. The van der Waals surface area contributed by atoms with Gasteiger partial charge >= 0.3 is 0 Å². The Morgan fingerprint density at radius 3 is 2.64 bits per heavy atom. The number of ether oxygens (including phenoxy) is 1. The normalized spacial score (nSPS) is 19.0. The highest BCUT2D eigenvalue weighted by Crippen LogP contribution is 2.47. The highest BCUT2D eigenvalue weighted by molar-refractivity contribution is 7.92. The van der Waals surface area contributed by atoms with Gasteiger partial charge in [-0.05, 0) is 69.6 Å². The molecule has 1 aliphatic carbocycles. The van der Waals surface area contributed by atoms with Gasteiger partial charge in [-0.1, -0.05) is 56.9 Å². The van der Waals surface area contributed by atoms with E-state index in [2.05, 4.69) is 31.2 Å². The van der Waals surface area contributed by atoms with Gasteiger partial charge in [-0.25, -0.2) is 13.1 Å². The van der Waals surface area contributed by atoms with E-state index in [0.717, 1.165) is 67.9 Å². The smallest absolute Gasteiger partial charge is 0.236 e. The number of sulfonamides is 1. The minimum atomic E-state index is -3.58. The number of allylic oxidation sites excluding steroid dienone is 3. The lowest BCUT2D eigenvalue weighted by Gasteiger charge is -2.32. The first-order chi connectivity index (χ1) is 15.7. The Morgan fingerprint density at radius 1 is 1.24 bits per heavy atom. The molecule has 33 heavy (non-hydrogen) atoms. The molecule has 5 nitrogen and oxygen atoms in total. The van der Waals surface area contributed by atoms with Gasteiger partial charge in [0.2, 0.25) is 10.0 Å². The molecule has 1 aromatic carbocycles. The first-order valence-electron chi connectivity index (χ1n) is 12.2. The van der Waals surface area contributed by atoms with Gasteiger partial charge in [0, 0.05) is 18.0 Å². The van der Waals surface area contributed by atoms with Crippen LogP contribution in [0.4, 0.5) is 0 Å². The molecule has 0 saturated heterocycles. The third-order valence-electron chi connectivity index (χ3n) is 6.23. The summed E-state index contributed by atoms with van der Waals surface area (Å²) in [4.78, 5) is 0. The predicted octanol–water partition coefficient (Wildman–Crippen LogP) is 6.71. The first-order valence-corrected chi connectivity index (χ1v) is 13.7. The topological polar surface area (TPSA) is 75.6 Å². The van der Waals surface area contributed by atoms with Crippen LogP contribution in [-0.4, -0.2) is 20.1 Å². The molecule has 184 valence electrons. The van der Waals surface area contributed by atoms with E-state index >= 15 is 0 Å². The Hall–Kier alpha value is -2.05.